The number of hydrogen-bond donors (Lipinski definition) is 0. The molecule has 0 N–H and O–H groups in total. The molecule has 0 radical (unpaired) electrons. The molecule has 6 rings (SSSR count). The Kier molecular flexibility index (Phi) is 4.67. The van der Waals surface area contributed by atoms with Crippen molar-refractivity contribution >= 4 is 28.6 Å². The molecule has 2 aliphatic rings. The van der Waals surface area contributed by atoms with Crippen LogP contribution in [0.2, 0.25) is 5.02 Å². The fourth-order valence-corrected chi connectivity index (χ4v) is 5.68. The molecule has 0 aromatic heterocycles. The number of fused-ring (bicyclic) bond motifs is 7. The van der Waals surface area contributed by atoms with Crippen LogP contribution in [0.3, 0.4) is 0 Å². The van der Waals surface area contributed by atoms with Crippen LogP contribution >= 0.6 is 11.6 Å². The second-order valence-electron chi connectivity index (χ2n) is 8.44. The molecule has 0 saturated carbocycles. The highest BCUT2D eigenvalue weighted by Gasteiger charge is 2.54. The van der Waals surface area contributed by atoms with Crippen molar-refractivity contribution in [3.63, 3.8) is 0 Å². The SMILES string of the molecule is C=CC/C=C1\C(=Nc2ccccc2Cl)C2(c3ccccc31)c1ccccc1-c1ccccc12. The van der Waals surface area contributed by atoms with E-state index in [2.05, 4.69) is 85.5 Å². The van der Waals surface area contributed by atoms with Crippen LogP contribution in [-0.2, 0) is 5.41 Å². The summed E-state index contributed by atoms with van der Waals surface area (Å²) in [4.78, 5) is 5.32. The zero-order valence-electron chi connectivity index (χ0n) is 18.1. The van der Waals surface area contributed by atoms with Gasteiger partial charge in [-0.15, -0.1) is 6.58 Å². The highest BCUT2D eigenvalue weighted by Crippen LogP contribution is 2.60. The van der Waals surface area contributed by atoms with Crippen molar-refractivity contribution in [2.24, 2.45) is 4.99 Å². The van der Waals surface area contributed by atoms with Crippen LogP contribution in [0.15, 0.2) is 121 Å². The first-order valence-corrected chi connectivity index (χ1v) is 11.6. The second-order valence-corrected chi connectivity index (χ2v) is 8.85. The van der Waals surface area contributed by atoms with E-state index in [4.69, 9.17) is 16.6 Å². The van der Waals surface area contributed by atoms with Crippen molar-refractivity contribution in [1.82, 2.24) is 0 Å². The maximum Gasteiger partial charge on any atom is 0.0898 e. The molecular formula is C31H22ClN. The lowest BCUT2D eigenvalue weighted by atomic mass is 9.72. The van der Waals surface area contributed by atoms with Gasteiger partial charge in [-0.2, -0.15) is 0 Å². The number of nitrogens with zero attached hydrogens (tertiary/aromatic N) is 1. The lowest BCUT2D eigenvalue weighted by molar-refractivity contribution is 0.877. The van der Waals surface area contributed by atoms with Gasteiger partial charge < -0.3 is 0 Å². The average molecular weight is 444 g/mol. The monoisotopic (exact) mass is 443 g/mol. The summed E-state index contributed by atoms with van der Waals surface area (Å²) >= 11 is 6.62. The Labute approximate surface area is 199 Å². The predicted molar refractivity (Wildman–Crippen MR) is 140 cm³/mol. The smallest absolute Gasteiger partial charge is 0.0898 e. The van der Waals surface area contributed by atoms with Gasteiger partial charge >= 0.3 is 0 Å². The number of aliphatic imine (C=N–C) groups is 1. The topological polar surface area (TPSA) is 12.4 Å². The minimum atomic E-state index is -0.490. The van der Waals surface area contributed by atoms with Crippen molar-refractivity contribution in [2.45, 2.75) is 11.8 Å². The van der Waals surface area contributed by atoms with Gasteiger partial charge in [0, 0.05) is 5.57 Å². The number of halogens is 1. The van der Waals surface area contributed by atoms with E-state index >= 15 is 0 Å². The minimum absolute atomic E-state index is 0.490. The Morgan fingerprint density at radius 1 is 0.697 bits per heavy atom. The number of rotatable bonds is 3. The Morgan fingerprint density at radius 2 is 1.21 bits per heavy atom. The van der Waals surface area contributed by atoms with Crippen LogP contribution in [0.4, 0.5) is 5.69 Å². The van der Waals surface area contributed by atoms with Crippen LogP contribution in [0, 0.1) is 0 Å². The lowest BCUT2D eigenvalue weighted by Gasteiger charge is -2.29. The highest BCUT2D eigenvalue weighted by molar-refractivity contribution is 6.38. The van der Waals surface area contributed by atoms with Crippen LogP contribution in [0.25, 0.3) is 16.7 Å². The lowest BCUT2D eigenvalue weighted by Crippen LogP contribution is -2.32. The summed E-state index contributed by atoms with van der Waals surface area (Å²) in [6, 6.07) is 34.0. The Bertz CT molecular complexity index is 1430. The molecule has 0 saturated heterocycles. The van der Waals surface area contributed by atoms with E-state index < -0.39 is 5.41 Å². The fourth-order valence-electron chi connectivity index (χ4n) is 5.50. The number of para-hydroxylation sites is 1. The molecule has 0 aliphatic heterocycles. The van der Waals surface area contributed by atoms with Gasteiger partial charge in [0.2, 0.25) is 0 Å². The van der Waals surface area contributed by atoms with Gasteiger partial charge in [-0.1, -0.05) is 109 Å². The van der Waals surface area contributed by atoms with Gasteiger partial charge in [-0.05, 0) is 51.9 Å². The van der Waals surface area contributed by atoms with Crippen molar-refractivity contribution < 1.29 is 0 Å². The van der Waals surface area contributed by atoms with E-state index in [0.717, 1.165) is 23.4 Å². The molecule has 4 aromatic carbocycles. The van der Waals surface area contributed by atoms with Crippen molar-refractivity contribution in [3.05, 3.63) is 143 Å². The maximum absolute atomic E-state index is 6.62. The fraction of sp³-hybridized carbons (Fsp3) is 0.0645. The van der Waals surface area contributed by atoms with Gasteiger partial charge in [0.05, 0.1) is 21.8 Å². The van der Waals surface area contributed by atoms with Crippen molar-refractivity contribution in [2.75, 3.05) is 0 Å². The molecule has 4 aromatic rings. The largest absolute Gasteiger partial charge is 0.250 e. The molecule has 2 heteroatoms. The summed E-state index contributed by atoms with van der Waals surface area (Å²) in [5.74, 6) is 0. The van der Waals surface area contributed by atoms with Crippen LogP contribution in [-0.4, -0.2) is 5.71 Å². The van der Waals surface area contributed by atoms with Crippen molar-refractivity contribution in [1.29, 1.82) is 0 Å². The van der Waals surface area contributed by atoms with Crippen LogP contribution < -0.4 is 0 Å². The van der Waals surface area contributed by atoms with E-state index in [9.17, 15) is 0 Å². The number of hydrogen-bond acceptors (Lipinski definition) is 1. The molecule has 1 spiro atoms. The van der Waals surface area contributed by atoms with E-state index in [1.807, 2.05) is 30.3 Å². The second kappa shape index (κ2) is 7.72. The van der Waals surface area contributed by atoms with Gasteiger partial charge in [-0.3, -0.25) is 0 Å². The molecule has 0 fully saturated rings. The predicted octanol–water partition coefficient (Wildman–Crippen LogP) is 8.40. The highest BCUT2D eigenvalue weighted by atomic mass is 35.5. The molecular weight excluding hydrogens is 422 g/mol. The maximum atomic E-state index is 6.62. The molecule has 2 aliphatic carbocycles. The quantitative estimate of drug-likeness (QED) is 0.282. The van der Waals surface area contributed by atoms with Gasteiger partial charge in [0.15, 0.2) is 0 Å². The summed E-state index contributed by atoms with van der Waals surface area (Å²) in [6.07, 6.45) is 4.95. The third-order valence-electron chi connectivity index (χ3n) is 6.76. The summed E-state index contributed by atoms with van der Waals surface area (Å²) in [5, 5.41) is 0.652. The van der Waals surface area contributed by atoms with E-state index in [0.29, 0.717) is 5.02 Å². The number of allylic oxidation sites excluding steroid dienone is 3. The van der Waals surface area contributed by atoms with Crippen LogP contribution in [0.5, 0.6) is 0 Å². The van der Waals surface area contributed by atoms with E-state index in [-0.39, 0.29) is 0 Å². The van der Waals surface area contributed by atoms with E-state index in [1.54, 1.807) is 0 Å². The summed E-state index contributed by atoms with van der Waals surface area (Å²) in [6.45, 7) is 3.96. The molecule has 33 heavy (non-hydrogen) atoms. The zero-order chi connectivity index (χ0) is 22.4. The first-order chi connectivity index (χ1) is 16.3. The first-order valence-electron chi connectivity index (χ1n) is 11.2. The normalized spacial score (nSPS) is 17.2. The molecule has 0 unspecified atom stereocenters. The van der Waals surface area contributed by atoms with Gasteiger partial charge in [0.25, 0.3) is 0 Å². The zero-order valence-corrected chi connectivity index (χ0v) is 18.9. The van der Waals surface area contributed by atoms with E-state index in [1.165, 1.54) is 33.4 Å². The van der Waals surface area contributed by atoms with Gasteiger partial charge in [0.1, 0.15) is 0 Å². The summed E-state index contributed by atoms with van der Waals surface area (Å²) < 4.78 is 0. The Morgan fingerprint density at radius 3 is 1.82 bits per heavy atom. The summed E-state index contributed by atoms with van der Waals surface area (Å²) in [7, 11) is 0. The minimum Gasteiger partial charge on any atom is -0.250 e. The molecule has 1 nitrogen and oxygen atoms in total. The Hall–Kier alpha value is -3.68. The molecule has 0 heterocycles. The molecule has 158 valence electrons. The molecule has 0 amide bonds. The first kappa shape index (κ1) is 20.0. The van der Waals surface area contributed by atoms with Gasteiger partial charge in [-0.25, -0.2) is 4.99 Å². The third-order valence-corrected chi connectivity index (χ3v) is 7.08. The molecule has 0 bridgehead atoms. The number of benzene rings is 4. The standard InChI is InChI=1S/C31H22ClN/c1-2-3-12-24-23-15-6-9-18-27(23)31(30(24)33-29-20-11-10-19-28(29)32)25-16-7-4-13-21(25)22-14-5-8-17-26(22)31/h2,4-20H,1,3H2/b24-12-,33-30?. The summed E-state index contributed by atoms with van der Waals surface area (Å²) in [5.41, 5.74) is 10.0. The van der Waals surface area contributed by atoms with Crippen molar-refractivity contribution in [3.8, 4) is 11.1 Å². The third kappa shape index (κ3) is 2.76. The average Bonchev–Trinajstić information content (AvgIpc) is 3.31. The van der Waals surface area contributed by atoms with Crippen LogP contribution in [0.1, 0.15) is 28.7 Å². The Balaban J connectivity index is 1.79. The molecule has 0 atom stereocenters.